The van der Waals surface area contributed by atoms with Crippen LogP contribution in [0.4, 0.5) is 5.95 Å². The molecule has 1 aromatic rings. The molecule has 2 rings (SSSR count). The van der Waals surface area contributed by atoms with E-state index in [1.165, 1.54) is 0 Å². The highest BCUT2D eigenvalue weighted by molar-refractivity contribution is 5.33. The fourth-order valence-corrected chi connectivity index (χ4v) is 2.75. The van der Waals surface area contributed by atoms with Crippen LogP contribution in [0.1, 0.15) is 39.4 Å². The topological polar surface area (TPSA) is 29.9 Å². The van der Waals surface area contributed by atoms with E-state index in [-0.39, 0.29) is 0 Å². The van der Waals surface area contributed by atoms with E-state index in [0.29, 0.717) is 16.9 Å². The molecule has 0 unspecified atom stereocenters. The lowest BCUT2D eigenvalue weighted by molar-refractivity contribution is 0.457. The van der Waals surface area contributed by atoms with Gasteiger partial charge < -0.3 is 9.88 Å². The molecule has 0 spiro atoms. The normalized spacial score (nSPS) is 22.8. The fourth-order valence-electron chi connectivity index (χ4n) is 2.75. The molecule has 1 aliphatic rings. The van der Waals surface area contributed by atoms with Gasteiger partial charge in [-0.05, 0) is 17.8 Å². The zero-order valence-electron chi connectivity index (χ0n) is 10.5. The van der Waals surface area contributed by atoms with E-state index in [1.807, 2.05) is 14.0 Å². The highest BCUT2D eigenvalue weighted by atomic mass is 15.2. The molecule has 84 valence electrons. The molecule has 1 saturated carbocycles. The van der Waals surface area contributed by atoms with Crippen molar-refractivity contribution < 1.29 is 0 Å². The summed E-state index contributed by atoms with van der Waals surface area (Å²) >= 11 is 0. The zero-order valence-corrected chi connectivity index (χ0v) is 10.5. The maximum atomic E-state index is 4.47. The minimum Gasteiger partial charge on any atom is -0.359 e. The van der Waals surface area contributed by atoms with Gasteiger partial charge in [0.1, 0.15) is 0 Å². The Balaban J connectivity index is 2.40. The molecule has 1 aliphatic carbocycles. The van der Waals surface area contributed by atoms with Crippen LogP contribution in [0.2, 0.25) is 0 Å². The van der Waals surface area contributed by atoms with Crippen LogP contribution in [0.15, 0.2) is 6.20 Å². The van der Waals surface area contributed by atoms with Crippen LogP contribution in [-0.4, -0.2) is 16.6 Å². The van der Waals surface area contributed by atoms with Crippen molar-refractivity contribution >= 4 is 5.95 Å². The van der Waals surface area contributed by atoms with Crippen LogP contribution in [-0.2, 0) is 0 Å². The van der Waals surface area contributed by atoms with Crippen LogP contribution >= 0.6 is 0 Å². The summed E-state index contributed by atoms with van der Waals surface area (Å²) in [5.41, 5.74) is 1.79. The van der Waals surface area contributed by atoms with Crippen molar-refractivity contribution in [3.8, 4) is 0 Å². The van der Waals surface area contributed by atoms with Gasteiger partial charge in [-0.3, -0.25) is 0 Å². The molecule has 1 N–H and O–H groups in total. The van der Waals surface area contributed by atoms with Gasteiger partial charge in [-0.15, -0.1) is 0 Å². The Morgan fingerprint density at radius 1 is 1.27 bits per heavy atom. The minimum absolute atomic E-state index is 0.353. The van der Waals surface area contributed by atoms with Crippen LogP contribution in [0, 0.1) is 17.8 Å². The Kier molecular flexibility index (Phi) is 1.95. The van der Waals surface area contributed by atoms with Crippen LogP contribution < -0.4 is 5.32 Å². The molecule has 0 amide bonds. The molecule has 0 atom stereocenters. The predicted octanol–water partition coefficient (Wildman–Crippen LogP) is 2.84. The molecule has 0 aromatic carbocycles. The Morgan fingerprint density at radius 2 is 1.80 bits per heavy atom. The number of hydrogen-bond acceptors (Lipinski definition) is 2. The zero-order chi connectivity index (χ0) is 11.4. The quantitative estimate of drug-likeness (QED) is 0.808. The first-order valence-corrected chi connectivity index (χ1v) is 5.55. The molecule has 0 bridgehead atoms. The summed E-state index contributed by atoms with van der Waals surface area (Å²) in [6.07, 6.45) is 2.15. The summed E-state index contributed by atoms with van der Waals surface area (Å²) in [5.74, 6) is 0.983. The number of anilines is 1. The van der Waals surface area contributed by atoms with E-state index in [2.05, 4.69) is 48.8 Å². The molecule has 1 fully saturated rings. The molecule has 0 aliphatic heterocycles. The monoisotopic (exact) mass is 207 g/mol. The average molecular weight is 207 g/mol. The second kappa shape index (κ2) is 2.77. The second-order valence-corrected chi connectivity index (χ2v) is 5.71. The number of rotatable bonds is 2. The molecule has 15 heavy (non-hydrogen) atoms. The second-order valence-electron chi connectivity index (χ2n) is 5.71. The highest BCUT2D eigenvalue weighted by Gasteiger charge is 2.66. The molecule has 1 heterocycles. The highest BCUT2D eigenvalue weighted by Crippen LogP contribution is 2.71. The molecule has 3 heteroatoms. The Hall–Kier alpha value is -0.990. The maximum absolute atomic E-state index is 4.47. The molecular weight excluding hydrogens is 186 g/mol. The summed E-state index contributed by atoms with van der Waals surface area (Å²) in [4.78, 5) is 4.47. The van der Waals surface area contributed by atoms with Crippen LogP contribution in [0.5, 0.6) is 0 Å². The summed E-state index contributed by atoms with van der Waals surface area (Å²) < 4.78 is 2.29. The van der Waals surface area contributed by atoms with Crippen molar-refractivity contribution in [2.24, 2.45) is 10.8 Å². The van der Waals surface area contributed by atoms with Gasteiger partial charge in [0.15, 0.2) is 0 Å². The van der Waals surface area contributed by atoms with Gasteiger partial charge >= 0.3 is 0 Å². The molecule has 1 aromatic heterocycles. The van der Waals surface area contributed by atoms with E-state index in [4.69, 9.17) is 0 Å². The molecule has 3 nitrogen and oxygen atoms in total. The van der Waals surface area contributed by atoms with Crippen LogP contribution in [0.3, 0.4) is 0 Å². The minimum atomic E-state index is 0.353. The van der Waals surface area contributed by atoms with Crippen molar-refractivity contribution in [1.82, 2.24) is 9.55 Å². The van der Waals surface area contributed by atoms with Gasteiger partial charge in [0.05, 0.1) is 5.69 Å². The third-order valence-corrected chi connectivity index (χ3v) is 4.30. The standard InChI is InChI=1S/C12H21N3/c1-8-7-15(10(13-6)14-8)9-11(2,3)12(9,4)5/h7,9H,1-6H3,(H,13,14). The first kappa shape index (κ1) is 10.5. The lowest BCUT2D eigenvalue weighted by atomic mass is 10.0. The Morgan fingerprint density at radius 3 is 2.20 bits per heavy atom. The largest absolute Gasteiger partial charge is 0.359 e. The molecule has 0 radical (unpaired) electrons. The van der Waals surface area contributed by atoms with E-state index >= 15 is 0 Å². The van der Waals surface area contributed by atoms with Gasteiger partial charge in [-0.1, -0.05) is 27.7 Å². The third kappa shape index (κ3) is 1.22. The van der Waals surface area contributed by atoms with Crippen LogP contribution in [0.25, 0.3) is 0 Å². The number of hydrogen-bond donors (Lipinski definition) is 1. The summed E-state index contributed by atoms with van der Waals surface area (Å²) in [5, 5.41) is 3.17. The summed E-state index contributed by atoms with van der Waals surface area (Å²) in [6.45, 7) is 11.3. The van der Waals surface area contributed by atoms with Gasteiger partial charge in [-0.25, -0.2) is 4.98 Å². The predicted molar refractivity (Wildman–Crippen MR) is 63.1 cm³/mol. The first-order chi connectivity index (χ1) is 6.82. The van der Waals surface area contributed by atoms with Crippen molar-refractivity contribution in [3.63, 3.8) is 0 Å². The average Bonchev–Trinajstić information content (AvgIpc) is 2.44. The fraction of sp³-hybridized carbons (Fsp3) is 0.750. The van der Waals surface area contributed by atoms with E-state index in [1.54, 1.807) is 0 Å². The van der Waals surface area contributed by atoms with Gasteiger partial charge in [0.2, 0.25) is 5.95 Å². The Bertz CT molecular complexity index is 374. The van der Waals surface area contributed by atoms with Gasteiger partial charge in [-0.2, -0.15) is 0 Å². The number of aryl methyl sites for hydroxylation is 1. The van der Waals surface area contributed by atoms with Crippen molar-refractivity contribution in [2.45, 2.75) is 40.7 Å². The number of aromatic nitrogens is 2. The number of imidazole rings is 1. The van der Waals surface area contributed by atoms with Crippen molar-refractivity contribution in [3.05, 3.63) is 11.9 Å². The number of nitrogens with one attached hydrogen (secondary N) is 1. The maximum Gasteiger partial charge on any atom is 0.203 e. The SMILES string of the molecule is CNc1nc(C)cn1C1C(C)(C)C1(C)C. The van der Waals surface area contributed by atoms with E-state index in [9.17, 15) is 0 Å². The molecule has 0 saturated heterocycles. The summed E-state index contributed by atoms with van der Waals surface area (Å²) in [7, 11) is 1.93. The smallest absolute Gasteiger partial charge is 0.203 e. The van der Waals surface area contributed by atoms with Gasteiger partial charge in [0, 0.05) is 19.3 Å². The summed E-state index contributed by atoms with van der Waals surface area (Å²) in [6, 6.07) is 0.550. The van der Waals surface area contributed by atoms with Crippen molar-refractivity contribution in [1.29, 1.82) is 0 Å². The van der Waals surface area contributed by atoms with E-state index in [0.717, 1.165) is 11.6 Å². The molecular formula is C12H21N3. The first-order valence-electron chi connectivity index (χ1n) is 5.55. The number of nitrogens with zero attached hydrogens (tertiary/aromatic N) is 2. The van der Waals surface area contributed by atoms with Gasteiger partial charge in [0.25, 0.3) is 0 Å². The van der Waals surface area contributed by atoms with Crippen molar-refractivity contribution in [2.75, 3.05) is 12.4 Å². The lowest BCUT2D eigenvalue weighted by Crippen LogP contribution is -2.04. The lowest BCUT2D eigenvalue weighted by Gasteiger charge is -2.08. The Labute approximate surface area is 91.9 Å². The van der Waals surface area contributed by atoms with E-state index < -0.39 is 0 Å². The third-order valence-electron chi connectivity index (χ3n) is 4.30.